The third-order valence-electron chi connectivity index (χ3n) is 7.33. The normalized spacial score (nSPS) is 22.6. The lowest BCUT2D eigenvalue weighted by Crippen LogP contribution is -2.47. The average molecular weight is 547 g/mol. The molecule has 1 saturated heterocycles. The van der Waals surface area contributed by atoms with Gasteiger partial charge in [0, 0.05) is 17.8 Å². The van der Waals surface area contributed by atoms with Crippen LogP contribution in [0, 0.1) is 17.8 Å². The Bertz CT molecular complexity index is 977. The zero-order valence-corrected chi connectivity index (χ0v) is 24.3. The Labute approximate surface area is 233 Å². The van der Waals surface area contributed by atoms with Crippen LogP contribution >= 0.6 is 0 Å². The number of aliphatic hydroxyl groups is 2. The lowest BCUT2D eigenvalue weighted by Gasteiger charge is -2.34. The topological polar surface area (TPSA) is 95.8 Å². The second kappa shape index (κ2) is 14.4. The van der Waals surface area contributed by atoms with E-state index < -0.39 is 24.1 Å². The molecule has 0 saturated carbocycles. The van der Waals surface area contributed by atoms with Gasteiger partial charge in [0.25, 0.3) is 0 Å². The standard InChI is InChI=1S/C31H46O8/c1-20(16-36-18-23-8-12-25(34-6)13-9-23)27(32)28(33)22(3)30-29(38-31(4,5)39-30)21(2)17-37-19-24-10-14-26(35-7)15-11-24/h8-15,20-22,27-30,32-33H,16-19H2,1-7H3/t20-,21+,22+,27+,28+,29+,30+/m1/s1. The van der Waals surface area contributed by atoms with Crippen LogP contribution in [0.1, 0.15) is 45.7 Å². The van der Waals surface area contributed by atoms with Crippen LogP contribution in [0.25, 0.3) is 0 Å². The maximum Gasteiger partial charge on any atom is 0.163 e. The zero-order valence-electron chi connectivity index (χ0n) is 24.3. The molecule has 2 aromatic rings. The number of aliphatic hydroxyl groups excluding tert-OH is 2. The predicted molar refractivity (Wildman–Crippen MR) is 149 cm³/mol. The molecule has 1 fully saturated rings. The van der Waals surface area contributed by atoms with Crippen molar-refractivity contribution in [2.75, 3.05) is 27.4 Å². The minimum Gasteiger partial charge on any atom is -0.497 e. The fourth-order valence-corrected chi connectivity index (χ4v) is 4.87. The molecule has 7 atom stereocenters. The van der Waals surface area contributed by atoms with Gasteiger partial charge in [0.05, 0.1) is 65.1 Å². The van der Waals surface area contributed by atoms with Gasteiger partial charge in [-0.05, 0) is 49.2 Å². The van der Waals surface area contributed by atoms with Gasteiger partial charge in [-0.2, -0.15) is 0 Å². The molecule has 0 aromatic heterocycles. The summed E-state index contributed by atoms with van der Waals surface area (Å²) in [7, 11) is 3.27. The van der Waals surface area contributed by atoms with E-state index in [-0.39, 0.29) is 23.9 Å². The molecule has 0 amide bonds. The van der Waals surface area contributed by atoms with Crippen molar-refractivity contribution in [2.24, 2.45) is 17.8 Å². The molecule has 8 heteroatoms. The fourth-order valence-electron chi connectivity index (χ4n) is 4.87. The van der Waals surface area contributed by atoms with Crippen LogP contribution in [0.15, 0.2) is 48.5 Å². The number of hydrogen-bond acceptors (Lipinski definition) is 8. The molecule has 1 heterocycles. The lowest BCUT2D eigenvalue weighted by atomic mass is 9.84. The molecule has 0 unspecified atom stereocenters. The first kappa shape index (κ1) is 31.3. The van der Waals surface area contributed by atoms with Crippen LogP contribution in [-0.4, -0.2) is 67.8 Å². The minimum absolute atomic E-state index is 0.00655. The molecule has 0 radical (unpaired) electrons. The Morgan fingerprint density at radius 1 is 0.718 bits per heavy atom. The number of benzene rings is 2. The molecule has 1 aliphatic heterocycles. The van der Waals surface area contributed by atoms with E-state index in [9.17, 15) is 10.2 Å². The van der Waals surface area contributed by atoms with Gasteiger partial charge in [-0.3, -0.25) is 0 Å². The van der Waals surface area contributed by atoms with E-state index in [1.165, 1.54) is 0 Å². The summed E-state index contributed by atoms with van der Waals surface area (Å²) < 4.78 is 34.7. The van der Waals surface area contributed by atoms with Gasteiger partial charge < -0.3 is 38.6 Å². The van der Waals surface area contributed by atoms with Crippen LogP contribution in [0.3, 0.4) is 0 Å². The maximum atomic E-state index is 11.1. The summed E-state index contributed by atoms with van der Waals surface area (Å²) in [5.41, 5.74) is 2.06. The molecule has 0 aliphatic carbocycles. The number of rotatable bonds is 15. The summed E-state index contributed by atoms with van der Waals surface area (Å²) in [5, 5.41) is 22.1. The van der Waals surface area contributed by atoms with Gasteiger partial charge in [0.15, 0.2) is 5.79 Å². The molecule has 8 nitrogen and oxygen atoms in total. The summed E-state index contributed by atoms with van der Waals surface area (Å²) in [6.07, 6.45) is -2.70. The highest BCUT2D eigenvalue weighted by molar-refractivity contribution is 5.27. The van der Waals surface area contributed by atoms with Gasteiger partial charge in [-0.1, -0.05) is 45.0 Å². The van der Waals surface area contributed by atoms with Crippen LogP contribution in [-0.2, 0) is 32.2 Å². The predicted octanol–water partition coefficient (Wildman–Crippen LogP) is 4.59. The molecule has 2 N–H and O–H groups in total. The Morgan fingerprint density at radius 3 is 1.67 bits per heavy atom. The van der Waals surface area contributed by atoms with E-state index in [2.05, 4.69) is 6.92 Å². The summed E-state index contributed by atoms with van der Waals surface area (Å²) in [6, 6.07) is 15.4. The Morgan fingerprint density at radius 2 is 1.18 bits per heavy atom. The van der Waals surface area contributed by atoms with Crippen molar-refractivity contribution >= 4 is 0 Å². The Balaban J connectivity index is 1.51. The second-order valence-corrected chi connectivity index (χ2v) is 11.1. The third-order valence-corrected chi connectivity index (χ3v) is 7.33. The number of hydrogen-bond donors (Lipinski definition) is 2. The largest absolute Gasteiger partial charge is 0.497 e. The monoisotopic (exact) mass is 546 g/mol. The highest BCUT2D eigenvalue weighted by Crippen LogP contribution is 2.38. The van der Waals surface area contributed by atoms with E-state index >= 15 is 0 Å². The van der Waals surface area contributed by atoms with Crippen molar-refractivity contribution in [2.45, 2.75) is 78.0 Å². The van der Waals surface area contributed by atoms with E-state index in [0.717, 1.165) is 22.6 Å². The zero-order chi connectivity index (χ0) is 28.6. The van der Waals surface area contributed by atoms with E-state index in [0.29, 0.717) is 26.4 Å². The Kier molecular flexibility index (Phi) is 11.6. The molecule has 1 aliphatic rings. The SMILES string of the molecule is COc1ccc(COC[C@@H](C)[C@H](O)[C@@H](O)[C@H](C)[C@@H]2OC(C)(C)O[C@H]2[C@@H](C)COCc2ccc(OC)cc2)cc1. The average Bonchev–Trinajstić information content (AvgIpc) is 3.27. The van der Waals surface area contributed by atoms with Gasteiger partial charge in [0.1, 0.15) is 11.5 Å². The molecule has 0 bridgehead atoms. The van der Waals surface area contributed by atoms with Crippen molar-refractivity contribution in [1.29, 1.82) is 0 Å². The van der Waals surface area contributed by atoms with Crippen molar-refractivity contribution in [1.82, 2.24) is 0 Å². The molecular weight excluding hydrogens is 500 g/mol. The van der Waals surface area contributed by atoms with Gasteiger partial charge in [0.2, 0.25) is 0 Å². The van der Waals surface area contributed by atoms with Crippen molar-refractivity contribution < 1.29 is 38.6 Å². The first-order chi connectivity index (χ1) is 18.5. The molecule has 218 valence electrons. The van der Waals surface area contributed by atoms with E-state index in [4.69, 9.17) is 28.4 Å². The van der Waals surface area contributed by atoms with Crippen LogP contribution in [0.5, 0.6) is 11.5 Å². The van der Waals surface area contributed by atoms with Crippen LogP contribution < -0.4 is 9.47 Å². The van der Waals surface area contributed by atoms with Gasteiger partial charge >= 0.3 is 0 Å². The first-order valence-electron chi connectivity index (χ1n) is 13.7. The van der Waals surface area contributed by atoms with Crippen molar-refractivity contribution in [3.05, 3.63) is 59.7 Å². The maximum absolute atomic E-state index is 11.1. The molecule has 39 heavy (non-hydrogen) atoms. The van der Waals surface area contributed by atoms with E-state index in [1.807, 2.05) is 76.2 Å². The molecule has 0 spiro atoms. The molecule has 2 aromatic carbocycles. The molecular formula is C31H46O8. The fraction of sp³-hybridized carbons (Fsp3) is 0.613. The first-order valence-corrected chi connectivity index (χ1v) is 13.7. The summed E-state index contributed by atoms with van der Waals surface area (Å²) >= 11 is 0. The second-order valence-electron chi connectivity index (χ2n) is 11.1. The lowest BCUT2D eigenvalue weighted by molar-refractivity contribution is -0.161. The summed E-state index contributed by atoms with van der Waals surface area (Å²) in [5.74, 6) is 0.150. The Hall–Kier alpha value is -2.20. The summed E-state index contributed by atoms with van der Waals surface area (Å²) in [6.45, 7) is 11.2. The van der Waals surface area contributed by atoms with Gasteiger partial charge in [-0.25, -0.2) is 0 Å². The summed E-state index contributed by atoms with van der Waals surface area (Å²) in [4.78, 5) is 0. The highest BCUT2D eigenvalue weighted by atomic mass is 16.8. The van der Waals surface area contributed by atoms with Crippen LogP contribution in [0.2, 0.25) is 0 Å². The quantitative estimate of drug-likeness (QED) is 0.335. The van der Waals surface area contributed by atoms with Crippen molar-refractivity contribution in [3.8, 4) is 11.5 Å². The van der Waals surface area contributed by atoms with E-state index in [1.54, 1.807) is 14.2 Å². The molecule has 3 rings (SSSR count). The number of methoxy groups -OCH3 is 2. The third kappa shape index (κ3) is 8.90. The van der Waals surface area contributed by atoms with Crippen LogP contribution in [0.4, 0.5) is 0 Å². The smallest absolute Gasteiger partial charge is 0.163 e. The van der Waals surface area contributed by atoms with Gasteiger partial charge in [-0.15, -0.1) is 0 Å². The number of ether oxygens (including phenoxy) is 6. The minimum atomic E-state index is -1.01. The van der Waals surface area contributed by atoms with Crippen molar-refractivity contribution in [3.63, 3.8) is 0 Å². The highest BCUT2D eigenvalue weighted by Gasteiger charge is 2.48.